The van der Waals surface area contributed by atoms with Crippen LogP contribution in [0.15, 0.2) is 27.8 Å². The van der Waals surface area contributed by atoms with Crippen LogP contribution in [0.3, 0.4) is 0 Å². The van der Waals surface area contributed by atoms with E-state index >= 15 is 0 Å². The summed E-state index contributed by atoms with van der Waals surface area (Å²) in [7, 11) is 1.78. The number of hydrogen-bond acceptors (Lipinski definition) is 5. The first kappa shape index (κ1) is 24.4. The molecule has 1 saturated carbocycles. The standard InChI is InChI=1S/C21H36N4O3.HI/c1-26-15-8-21(6-3-7-21)18-24-20(22-9-5-19-4-2-14-28-19)23-10-11-25-12-16-27-17-13-25;/h2,4,14H,3,5-13,15-18H2,1H3,(H2,22,23,24);1H. The van der Waals surface area contributed by atoms with E-state index in [-0.39, 0.29) is 24.0 Å². The summed E-state index contributed by atoms with van der Waals surface area (Å²) in [6.07, 6.45) is 7.50. The Morgan fingerprint density at radius 1 is 1.24 bits per heavy atom. The molecule has 2 fully saturated rings. The van der Waals surface area contributed by atoms with Crippen molar-refractivity contribution < 1.29 is 13.9 Å². The minimum atomic E-state index is 0. The van der Waals surface area contributed by atoms with E-state index in [2.05, 4.69) is 15.5 Å². The molecular weight excluding hydrogens is 483 g/mol. The van der Waals surface area contributed by atoms with Gasteiger partial charge in [-0.2, -0.15) is 0 Å². The summed E-state index contributed by atoms with van der Waals surface area (Å²) in [6.45, 7) is 8.09. The van der Waals surface area contributed by atoms with E-state index in [0.29, 0.717) is 5.41 Å². The van der Waals surface area contributed by atoms with E-state index in [1.54, 1.807) is 13.4 Å². The van der Waals surface area contributed by atoms with Crippen molar-refractivity contribution in [2.24, 2.45) is 10.4 Å². The summed E-state index contributed by atoms with van der Waals surface area (Å²) >= 11 is 0. The molecule has 0 radical (unpaired) electrons. The zero-order valence-corrected chi connectivity index (χ0v) is 20.0. The predicted molar refractivity (Wildman–Crippen MR) is 126 cm³/mol. The number of halogens is 1. The second kappa shape index (κ2) is 13.5. The molecule has 8 heteroatoms. The van der Waals surface area contributed by atoms with Crippen molar-refractivity contribution in [3.8, 4) is 0 Å². The predicted octanol–water partition coefficient (Wildman–Crippen LogP) is 2.51. The highest BCUT2D eigenvalue weighted by Gasteiger charge is 2.36. The Morgan fingerprint density at radius 3 is 2.69 bits per heavy atom. The molecule has 2 aliphatic rings. The summed E-state index contributed by atoms with van der Waals surface area (Å²) < 4.78 is 16.2. The van der Waals surface area contributed by atoms with Gasteiger partial charge in [0.1, 0.15) is 5.76 Å². The highest BCUT2D eigenvalue weighted by molar-refractivity contribution is 14.0. The summed E-state index contributed by atoms with van der Waals surface area (Å²) in [5.41, 5.74) is 0.329. The molecule has 1 aromatic heterocycles. The third kappa shape index (κ3) is 8.43. The Labute approximate surface area is 192 Å². The second-order valence-corrected chi connectivity index (χ2v) is 7.90. The van der Waals surface area contributed by atoms with Crippen LogP contribution in [0.5, 0.6) is 0 Å². The molecule has 29 heavy (non-hydrogen) atoms. The van der Waals surface area contributed by atoms with Crippen molar-refractivity contribution in [3.63, 3.8) is 0 Å². The number of methoxy groups -OCH3 is 1. The number of hydrogen-bond donors (Lipinski definition) is 2. The molecule has 2 heterocycles. The Bertz CT molecular complexity index is 572. The van der Waals surface area contributed by atoms with Gasteiger partial charge in [-0.25, -0.2) is 0 Å². The first-order chi connectivity index (χ1) is 13.8. The van der Waals surface area contributed by atoms with Crippen LogP contribution in [0, 0.1) is 5.41 Å². The highest BCUT2D eigenvalue weighted by atomic mass is 127. The number of guanidine groups is 1. The SMILES string of the molecule is COCCC1(CN=C(NCCc2ccco2)NCCN2CCOCC2)CCC1.I. The summed E-state index contributed by atoms with van der Waals surface area (Å²) in [4.78, 5) is 7.37. The molecule has 0 bridgehead atoms. The monoisotopic (exact) mass is 520 g/mol. The van der Waals surface area contributed by atoms with Crippen LogP contribution >= 0.6 is 24.0 Å². The fourth-order valence-corrected chi connectivity index (χ4v) is 3.82. The maximum atomic E-state index is 5.43. The van der Waals surface area contributed by atoms with Crippen LogP contribution in [0.1, 0.15) is 31.4 Å². The van der Waals surface area contributed by atoms with Crippen molar-refractivity contribution in [1.29, 1.82) is 0 Å². The van der Waals surface area contributed by atoms with Crippen molar-refractivity contribution >= 4 is 29.9 Å². The molecule has 1 aliphatic heterocycles. The minimum absolute atomic E-state index is 0. The third-order valence-electron chi connectivity index (χ3n) is 5.89. The number of ether oxygens (including phenoxy) is 2. The lowest BCUT2D eigenvalue weighted by Gasteiger charge is -2.40. The number of furan rings is 1. The summed E-state index contributed by atoms with van der Waals surface area (Å²) in [6, 6.07) is 3.94. The second-order valence-electron chi connectivity index (χ2n) is 7.90. The fourth-order valence-electron chi connectivity index (χ4n) is 3.82. The minimum Gasteiger partial charge on any atom is -0.469 e. The molecule has 2 N–H and O–H groups in total. The fraction of sp³-hybridized carbons (Fsp3) is 0.762. The molecule has 7 nitrogen and oxygen atoms in total. The van der Waals surface area contributed by atoms with Crippen LogP contribution in [0.2, 0.25) is 0 Å². The first-order valence-corrected chi connectivity index (χ1v) is 10.6. The molecule has 3 rings (SSSR count). The Morgan fingerprint density at radius 2 is 2.03 bits per heavy atom. The van der Waals surface area contributed by atoms with Crippen LogP contribution in [-0.2, 0) is 15.9 Å². The molecule has 0 unspecified atom stereocenters. The average Bonchev–Trinajstić information content (AvgIpc) is 3.21. The quantitative estimate of drug-likeness (QED) is 0.266. The van der Waals surface area contributed by atoms with Crippen LogP contribution in [0.25, 0.3) is 0 Å². The van der Waals surface area contributed by atoms with E-state index < -0.39 is 0 Å². The molecular formula is C21H37IN4O3. The summed E-state index contributed by atoms with van der Waals surface area (Å²) in [5.74, 6) is 1.90. The van der Waals surface area contributed by atoms with Gasteiger partial charge >= 0.3 is 0 Å². The molecule has 166 valence electrons. The van der Waals surface area contributed by atoms with Crippen LogP contribution in [-0.4, -0.2) is 77.1 Å². The molecule has 0 aromatic carbocycles. The van der Waals surface area contributed by atoms with Crippen molar-refractivity contribution in [2.75, 3.05) is 66.2 Å². The van der Waals surface area contributed by atoms with Gasteiger partial charge < -0.3 is 24.5 Å². The maximum Gasteiger partial charge on any atom is 0.191 e. The molecule has 0 spiro atoms. The van der Waals surface area contributed by atoms with E-state index in [4.69, 9.17) is 18.9 Å². The van der Waals surface area contributed by atoms with E-state index in [9.17, 15) is 0 Å². The Balaban J connectivity index is 0.00000300. The van der Waals surface area contributed by atoms with Crippen molar-refractivity contribution in [1.82, 2.24) is 15.5 Å². The van der Waals surface area contributed by atoms with Crippen LogP contribution in [0.4, 0.5) is 0 Å². The highest BCUT2D eigenvalue weighted by Crippen LogP contribution is 2.44. The van der Waals surface area contributed by atoms with Gasteiger partial charge in [0.05, 0.1) is 19.5 Å². The maximum absolute atomic E-state index is 5.43. The van der Waals surface area contributed by atoms with Gasteiger partial charge in [-0.05, 0) is 36.8 Å². The molecule has 0 atom stereocenters. The largest absolute Gasteiger partial charge is 0.469 e. The van der Waals surface area contributed by atoms with Gasteiger partial charge in [0.15, 0.2) is 5.96 Å². The zero-order valence-electron chi connectivity index (χ0n) is 17.7. The lowest BCUT2D eigenvalue weighted by molar-refractivity contribution is 0.0389. The normalized spacial score (nSPS) is 19.3. The van der Waals surface area contributed by atoms with Gasteiger partial charge in [-0.3, -0.25) is 9.89 Å². The topological polar surface area (TPSA) is 71.3 Å². The van der Waals surface area contributed by atoms with E-state index in [1.807, 2.05) is 12.1 Å². The van der Waals surface area contributed by atoms with Gasteiger partial charge in [0.25, 0.3) is 0 Å². The molecule has 1 saturated heterocycles. The molecule has 1 aliphatic carbocycles. The van der Waals surface area contributed by atoms with Crippen molar-refractivity contribution in [2.45, 2.75) is 32.1 Å². The molecule has 0 amide bonds. The van der Waals surface area contributed by atoms with Crippen molar-refractivity contribution in [3.05, 3.63) is 24.2 Å². The average molecular weight is 520 g/mol. The number of nitrogens with zero attached hydrogens (tertiary/aromatic N) is 2. The Kier molecular flexibility index (Phi) is 11.3. The van der Waals surface area contributed by atoms with Gasteiger partial charge in [-0.1, -0.05) is 6.42 Å². The van der Waals surface area contributed by atoms with Gasteiger partial charge in [-0.15, -0.1) is 24.0 Å². The van der Waals surface area contributed by atoms with Crippen LogP contribution < -0.4 is 10.6 Å². The number of morpholine rings is 1. The number of nitrogens with one attached hydrogen (secondary N) is 2. The van der Waals surface area contributed by atoms with E-state index in [1.165, 1.54) is 19.3 Å². The Hall–Kier alpha value is -0.840. The zero-order chi connectivity index (χ0) is 19.5. The number of aliphatic imine (C=N–C) groups is 1. The summed E-state index contributed by atoms with van der Waals surface area (Å²) in [5, 5.41) is 7.00. The van der Waals surface area contributed by atoms with E-state index in [0.717, 1.165) is 83.7 Å². The molecule has 1 aromatic rings. The van der Waals surface area contributed by atoms with Gasteiger partial charge in [0.2, 0.25) is 0 Å². The lowest BCUT2D eigenvalue weighted by Crippen LogP contribution is -2.45. The number of rotatable bonds is 11. The lowest BCUT2D eigenvalue weighted by atomic mass is 9.67. The third-order valence-corrected chi connectivity index (χ3v) is 5.89. The first-order valence-electron chi connectivity index (χ1n) is 10.6. The smallest absolute Gasteiger partial charge is 0.191 e. The van der Waals surface area contributed by atoms with Gasteiger partial charge in [0, 0.05) is 59.4 Å².